The van der Waals surface area contributed by atoms with Gasteiger partial charge in [-0.2, -0.15) is 0 Å². The number of halogens is 1. The lowest BCUT2D eigenvalue weighted by atomic mass is 10.2. The maximum absolute atomic E-state index is 5.45. The number of hydrogen-bond acceptors (Lipinski definition) is 4. The van der Waals surface area contributed by atoms with Crippen LogP contribution in [0, 0.1) is 0 Å². The topological polar surface area (TPSA) is 72.7 Å². The second-order valence-corrected chi connectivity index (χ2v) is 6.41. The minimum atomic E-state index is 0. The SMILES string of the molecule is CN=C(NCc1ccc(OC)cc1OC)NCc1nccn1Cc1ccccc1.I. The van der Waals surface area contributed by atoms with Gasteiger partial charge in [0, 0.05) is 44.2 Å². The lowest BCUT2D eigenvalue weighted by Crippen LogP contribution is -2.37. The molecule has 30 heavy (non-hydrogen) atoms. The first-order valence-electron chi connectivity index (χ1n) is 9.43. The summed E-state index contributed by atoms with van der Waals surface area (Å²) in [6, 6.07) is 16.1. The molecule has 0 radical (unpaired) electrons. The molecule has 7 nitrogen and oxygen atoms in total. The first-order valence-corrected chi connectivity index (χ1v) is 9.43. The summed E-state index contributed by atoms with van der Waals surface area (Å²) < 4.78 is 12.8. The molecule has 0 saturated heterocycles. The lowest BCUT2D eigenvalue weighted by Gasteiger charge is -2.15. The summed E-state index contributed by atoms with van der Waals surface area (Å²) in [4.78, 5) is 8.76. The van der Waals surface area contributed by atoms with Crippen LogP contribution in [-0.2, 0) is 19.6 Å². The standard InChI is InChI=1S/C22H27N5O2.HI/c1-23-22(25-14-18-9-10-19(28-2)13-20(18)29-3)26-15-21-24-11-12-27(21)16-17-7-5-4-6-8-17;/h4-13H,14-16H2,1-3H3,(H2,23,25,26);1H. The first-order chi connectivity index (χ1) is 14.2. The smallest absolute Gasteiger partial charge is 0.191 e. The van der Waals surface area contributed by atoms with Crippen LogP contribution in [0.15, 0.2) is 65.9 Å². The number of rotatable bonds is 8. The van der Waals surface area contributed by atoms with E-state index in [-0.39, 0.29) is 24.0 Å². The summed E-state index contributed by atoms with van der Waals surface area (Å²) in [6.07, 6.45) is 3.81. The Morgan fingerprint density at radius 2 is 1.80 bits per heavy atom. The molecule has 0 unspecified atom stereocenters. The van der Waals surface area contributed by atoms with Gasteiger partial charge in [-0.25, -0.2) is 4.98 Å². The van der Waals surface area contributed by atoms with Crippen LogP contribution in [0.25, 0.3) is 0 Å². The molecule has 3 aromatic rings. The maximum atomic E-state index is 5.45. The number of aromatic nitrogens is 2. The molecule has 1 aromatic heterocycles. The number of benzene rings is 2. The highest BCUT2D eigenvalue weighted by atomic mass is 127. The summed E-state index contributed by atoms with van der Waals surface area (Å²) in [7, 11) is 5.04. The van der Waals surface area contributed by atoms with E-state index < -0.39 is 0 Å². The molecular weight excluding hydrogens is 493 g/mol. The van der Waals surface area contributed by atoms with Crippen molar-refractivity contribution in [1.82, 2.24) is 20.2 Å². The normalized spacial score (nSPS) is 10.8. The van der Waals surface area contributed by atoms with E-state index >= 15 is 0 Å². The third kappa shape index (κ3) is 6.38. The molecule has 0 atom stereocenters. The van der Waals surface area contributed by atoms with E-state index in [4.69, 9.17) is 9.47 Å². The van der Waals surface area contributed by atoms with Gasteiger partial charge in [-0.1, -0.05) is 30.3 Å². The van der Waals surface area contributed by atoms with Crippen molar-refractivity contribution in [3.63, 3.8) is 0 Å². The molecule has 8 heteroatoms. The molecule has 0 fully saturated rings. The average Bonchev–Trinajstić information content (AvgIpc) is 3.21. The van der Waals surface area contributed by atoms with Gasteiger partial charge in [0.25, 0.3) is 0 Å². The Morgan fingerprint density at radius 3 is 2.50 bits per heavy atom. The fourth-order valence-corrected chi connectivity index (χ4v) is 2.99. The number of aliphatic imine (C=N–C) groups is 1. The third-order valence-electron chi connectivity index (χ3n) is 4.58. The molecular formula is C22H28IN5O2. The van der Waals surface area contributed by atoms with Gasteiger partial charge in [0.05, 0.1) is 20.8 Å². The highest BCUT2D eigenvalue weighted by Gasteiger charge is 2.08. The summed E-state index contributed by atoms with van der Waals surface area (Å²) in [5.41, 5.74) is 2.25. The van der Waals surface area contributed by atoms with E-state index in [9.17, 15) is 0 Å². The second-order valence-electron chi connectivity index (χ2n) is 6.41. The van der Waals surface area contributed by atoms with Crippen molar-refractivity contribution in [2.24, 2.45) is 4.99 Å². The number of ether oxygens (including phenoxy) is 2. The summed E-state index contributed by atoms with van der Waals surface area (Å²) in [5.74, 6) is 3.17. The van der Waals surface area contributed by atoms with E-state index in [1.807, 2.05) is 48.8 Å². The number of hydrogen-bond donors (Lipinski definition) is 2. The summed E-state index contributed by atoms with van der Waals surface area (Å²) in [6.45, 7) is 1.93. The molecule has 0 saturated carbocycles. The predicted octanol–water partition coefficient (Wildman–Crippen LogP) is 3.43. The van der Waals surface area contributed by atoms with Crippen LogP contribution < -0.4 is 20.1 Å². The summed E-state index contributed by atoms with van der Waals surface area (Å²) >= 11 is 0. The Bertz CT molecular complexity index is 944. The Labute approximate surface area is 194 Å². The van der Waals surface area contributed by atoms with Crippen molar-refractivity contribution in [1.29, 1.82) is 0 Å². The quantitative estimate of drug-likeness (QED) is 0.270. The average molecular weight is 521 g/mol. The van der Waals surface area contributed by atoms with E-state index in [1.54, 1.807) is 21.3 Å². The second kappa shape index (κ2) is 12.1. The molecule has 160 valence electrons. The Morgan fingerprint density at radius 1 is 1.03 bits per heavy atom. The van der Waals surface area contributed by atoms with Crippen molar-refractivity contribution in [3.8, 4) is 11.5 Å². The fourth-order valence-electron chi connectivity index (χ4n) is 2.99. The number of guanidine groups is 1. The molecule has 0 aliphatic rings. The van der Waals surface area contributed by atoms with E-state index in [0.717, 1.165) is 29.4 Å². The van der Waals surface area contributed by atoms with Crippen LogP contribution in [0.4, 0.5) is 0 Å². The van der Waals surface area contributed by atoms with Crippen molar-refractivity contribution in [2.75, 3.05) is 21.3 Å². The molecule has 0 aliphatic carbocycles. The number of imidazole rings is 1. The zero-order valence-corrected chi connectivity index (χ0v) is 19.8. The summed E-state index contributed by atoms with van der Waals surface area (Å²) in [5, 5.41) is 6.63. The van der Waals surface area contributed by atoms with Crippen LogP contribution >= 0.6 is 24.0 Å². The van der Waals surface area contributed by atoms with Gasteiger partial charge in [0.15, 0.2) is 5.96 Å². The molecule has 2 N–H and O–H groups in total. The zero-order valence-electron chi connectivity index (χ0n) is 17.5. The van der Waals surface area contributed by atoms with Gasteiger partial charge >= 0.3 is 0 Å². The van der Waals surface area contributed by atoms with Crippen molar-refractivity contribution < 1.29 is 9.47 Å². The monoisotopic (exact) mass is 521 g/mol. The minimum absolute atomic E-state index is 0. The van der Waals surface area contributed by atoms with E-state index in [2.05, 4.69) is 37.3 Å². The van der Waals surface area contributed by atoms with Crippen LogP contribution in [-0.4, -0.2) is 36.8 Å². The first kappa shape index (κ1) is 23.5. The van der Waals surface area contributed by atoms with Crippen molar-refractivity contribution in [2.45, 2.75) is 19.6 Å². The largest absolute Gasteiger partial charge is 0.497 e. The van der Waals surface area contributed by atoms with Gasteiger partial charge in [0.2, 0.25) is 0 Å². The minimum Gasteiger partial charge on any atom is -0.497 e. The third-order valence-corrected chi connectivity index (χ3v) is 4.58. The molecule has 0 aliphatic heterocycles. The van der Waals surface area contributed by atoms with E-state index in [1.165, 1.54) is 5.56 Å². The van der Waals surface area contributed by atoms with Crippen LogP contribution in [0.3, 0.4) is 0 Å². The maximum Gasteiger partial charge on any atom is 0.191 e. The number of nitrogens with zero attached hydrogens (tertiary/aromatic N) is 3. The Hall–Kier alpha value is -2.75. The van der Waals surface area contributed by atoms with Gasteiger partial charge in [-0.15, -0.1) is 24.0 Å². The lowest BCUT2D eigenvalue weighted by molar-refractivity contribution is 0.390. The number of nitrogens with one attached hydrogen (secondary N) is 2. The van der Waals surface area contributed by atoms with Crippen LogP contribution in [0.2, 0.25) is 0 Å². The fraction of sp³-hybridized carbons (Fsp3) is 0.273. The molecule has 2 aromatic carbocycles. The highest BCUT2D eigenvalue weighted by Crippen LogP contribution is 2.24. The van der Waals surface area contributed by atoms with Gasteiger partial charge in [0.1, 0.15) is 17.3 Å². The Kier molecular flexibility index (Phi) is 9.46. The van der Waals surface area contributed by atoms with Crippen molar-refractivity contribution >= 4 is 29.9 Å². The number of methoxy groups -OCH3 is 2. The molecule has 0 amide bonds. The van der Waals surface area contributed by atoms with Crippen molar-refractivity contribution in [3.05, 3.63) is 77.9 Å². The van der Waals surface area contributed by atoms with Gasteiger partial charge in [-0.3, -0.25) is 4.99 Å². The molecule has 0 bridgehead atoms. The molecule has 1 heterocycles. The highest BCUT2D eigenvalue weighted by molar-refractivity contribution is 14.0. The molecule has 3 rings (SSSR count). The van der Waals surface area contributed by atoms with Crippen LogP contribution in [0.1, 0.15) is 17.0 Å². The van der Waals surface area contributed by atoms with Gasteiger partial charge < -0.3 is 24.7 Å². The van der Waals surface area contributed by atoms with E-state index in [0.29, 0.717) is 19.0 Å². The van der Waals surface area contributed by atoms with Gasteiger partial charge in [-0.05, 0) is 17.7 Å². The van der Waals surface area contributed by atoms with Crippen LogP contribution in [0.5, 0.6) is 11.5 Å². The predicted molar refractivity (Wildman–Crippen MR) is 130 cm³/mol. The zero-order chi connectivity index (χ0) is 20.5. The molecule has 0 spiro atoms. The Balaban J connectivity index is 0.00000320.